The Balaban J connectivity index is 2.07. The van der Waals surface area contributed by atoms with E-state index in [1.54, 1.807) is 13.2 Å². The van der Waals surface area contributed by atoms with Crippen LogP contribution in [0.25, 0.3) is 0 Å². The van der Waals surface area contributed by atoms with Crippen molar-refractivity contribution in [3.8, 4) is 5.75 Å². The number of carbonyl (C=O) groups is 1. The van der Waals surface area contributed by atoms with Gasteiger partial charge in [0.05, 0.1) is 19.3 Å². The predicted molar refractivity (Wildman–Crippen MR) is 118 cm³/mol. The molecule has 1 saturated heterocycles. The summed E-state index contributed by atoms with van der Waals surface area (Å²) in [6.45, 7) is 13.6. The fraction of sp³-hybridized carbons (Fsp3) is 0.708. The standard InChI is InChI=1S/C24H38FNO5/c1-9-16(10-2)20(18-12-11-17(25)13-19(18)28-8)15(4)29-22-21(30-22)14(3)26-23(27)31-24(5,6)7/h11-16,20-22H,9-10H2,1-8H3,(H,26,27)/t14-,15-,20-,21?,22?/m0/s1. The topological polar surface area (TPSA) is 69.3 Å². The van der Waals surface area contributed by atoms with E-state index in [4.69, 9.17) is 18.9 Å². The highest BCUT2D eigenvalue weighted by atomic mass is 19.1. The summed E-state index contributed by atoms with van der Waals surface area (Å²) in [6, 6.07) is 4.41. The molecule has 0 bridgehead atoms. The van der Waals surface area contributed by atoms with E-state index in [9.17, 15) is 9.18 Å². The lowest BCUT2D eigenvalue weighted by Crippen LogP contribution is -2.41. The number of epoxide rings is 1. The van der Waals surface area contributed by atoms with Gasteiger partial charge in [0.15, 0.2) is 6.29 Å². The van der Waals surface area contributed by atoms with E-state index in [-0.39, 0.29) is 30.0 Å². The van der Waals surface area contributed by atoms with Gasteiger partial charge in [-0.15, -0.1) is 0 Å². The summed E-state index contributed by atoms with van der Waals surface area (Å²) >= 11 is 0. The van der Waals surface area contributed by atoms with Crippen molar-refractivity contribution < 1.29 is 28.1 Å². The van der Waals surface area contributed by atoms with Crippen LogP contribution in [0.2, 0.25) is 0 Å². The fourth-order valence-electron chi connectivity index (χ4n) is 4.09. The molecule has 0 saturated carbocycles. The zero-order valence-electron chi connectivity index (χ0n) is 20.0. The highest BCUT2D eigenvalue weighted by Crippen LogP contribution is 2.41. The summed E-state index contributed by atoms with van der Waals surface area (Å²) in [7, 11) is 1.55. The SMILES string of the molecule is CCC(CC)[C@@H](c1ccc(F)cc1OC)[C@H](C)OC1OC1[C@H](C)NC(=O)OC(C)(C)C. The van der Waals surface area contributed by atoms with Crippen molar-refractivity contribution in [2.75, 3.05) is 7.11 Å². The number of methoxy groups -OCH3 is 1. The van der Waals surface area contributed by atoms with Gasteiger partial charge < -0.3 is 24.3 Å². The van der Waals surface area contributed by atoms with Crippen molar-refractivity contribution in [3.05, 3.63) is 29.6 Å². The predicted octanol–water partition coefficient (Wildman–Crippen LogP) is 5.40. The number of nitrogens with one attached hydrogen (secondary N) is 1. The molecule has 1 heterocycles. The summed E-state index contributed by atoms with van der Waals surface area (Å²) < 4.78 is 36.5. The lowest BCUT2D eigenvalue weighted by molar-refractivity contribution is -0.0262. The Morgan fingerprint density at radius 1 is 1.23 bits per heavy atom. The maximum atomic E-state index is 13.8. The van der Waals surface area contributed by atoms with Gasteiger partial charge in [-0.3, -0.25) is 0 Å². The van der Waals surface area contributed by atoms with Gasteiger partial charge in [0.2, 0.25) is 0 Å². The molecule has 2 rings (SSSR count). The Morgan fingerprint density at radius 2 is 1.87 bits per heavy atom. The molecule has 0 radical (unpaired) electrons. The van der Waals surface area contributed by atoms with Crippen LogP contribution in [0.4, 0.5) is 9.18 Å². The molecular formula is C24H38FNO5. The van der Waals surface area contributed by atoms with E-state index >= 15 is 0 Å². The number of halogens is 1. The maximum Gasteiger partial charge on any atom is 0.407 e. The average molecular weight is 440 g/mol. The molecule has 0 aliphatic carbocycles. The third-order valence-corrected chi connectivity index (χ3v) is 5.69. The van der Waals surface area contributed by atoms with E-state index in [1.165, 1.54) is 12.1 Å². The van der Waals surface area contributed by atoms with Crippen molar-refractivity contribution in [1.82, 2.24) is 5.32 Å². The number of hydrogen-bond donors (Lipinski definition) is 1. The van der Waals surface area contributed by atoms with Gasteiger partial charge in [0, 0.05) is 17.5 Å². The lowest BCUT2D eigenvalue weighted by Gasteiger charge is -2.32. The Morgan fingerprint density at radius 3 is 2.42 bits per heavy atom. The molecule has 6 nitrogen and oxygen atoms in total. The highest BCUT2D eigenvalue weighted by molar-refractivity contribution is 5.68. The van der Waals surface area contributed by atoms with Gasteiger partial charge in [-0.05, 0) is 46.6 Å². The van der Waals surface area contributed by atoms with Gasteiger partial charge in [-0.25, -0.2) is 9.18 Å². The minimum absolute atomic E-state index is 0.0181. The number of alkyl carbamates (subject to hydrolysis) is 1. The van der Waals surface area contributed by atoms with Gasteiger partial charge >= 0.3 is 6.09 Å². The second-order valence-corrected chi connectivity index (χ2v) is 9.23. The Labute approximate surface area is 185 Å². The fourth-order valence-corrected chi connectivity index (χ4v) is 4.09. The van der Waals surface area contributed by atoms with Crippen LogP contribution in [0.15, 0.2) is 18.2 Å². The zero-order chi connectivity index (χ0) is 23.3. The van der Waals surface area contributed by atoms with Crippen molar-refractivity contribution in [3.63, 3.8) is 0 Å². The number of carbonyl (C=O) groups excluding carboxylic acids is 1. The smallest absolute Gasteiger partial charge is 0.407 e. The van der Waals surface area contributed by atoms with E-state index in [0.29, 0.717) is 11.7 Å². The van der Waals surface area contributed by atoms with Crippen molar-refractivity contribution >= 4 is 6.09 Å². The largest absolute Gasteiger partial charge is 0.496 e. The summed E-state index contributed by atoms with van der Waals surface area (Å²) in [5.74, 6) is 0.555. The van der Waals surface area contributed by atoms with Crippen molar-refractivity contribution in [2.24, 2.45) is 5.92 Å². The summed E-state index contributed by atoms with van der Waals surface area (Å²) in [5.41, 5.74) is 0.372. The molecule has 1 N–H and O–H groups in total. The molecule has 31 heavy (non-hydrogen) atoms. The number of amides is 1. The van der Waals surface area contributed by atoms with Crippen molar-refractivity contribution in [1.29, 1.82) is 0 Å². The molecule has 1 aromatic carbocycles. The average Bonchev–Trinajstić information content (AvgIpc) is 3.43. The molecule has 0 spiro atoms. The molecule has 7 heteroatoms. The molecule has 1 aliphatic rings. The minimum atomic E-state index is -0.560. The molecular weight excluding hydrogens is 401 g/mol. The van der Waals surface area contributed by atoms with Gasteiger partial charge in [-0.2, -0.15) is 0 Å². The number of ether oxygens (including phenoxy) is 4. The number of hydrogen-bond acceptors (Lipinski definition) is 5. The molecule has 1 fully saturated rings. The molecule has 0 aromatic heterocycles. The number of benzene rings is 1. The zero-order valence-corrected chi connectivity index (χ0v) is 20.0. The maximum absolute atomic E-state index is 13.8. The third kappa shape index (κ3) is 7.07. The molecule has 5 atom stereocenters. The second-order valence-electron chi connectivity index (χ2n) is 9.23. The van der Waals surface area contributed by atoms with E-state index in [0.717, 1.165) is 18.4 Å². The molecule has 2 unspecified atom stereocenters. The summed E-state index contributed by atoms with van der Waals surface area (Å²) in [5, 5.41) is 2.80. The molecule has 1 aliphatic heterocycles. The number of rotatable bonds is 10. The van der Waals surface area contributed by atoms with E-state index in [2.05, 4.69) is 19.2 Å². The van der Waals surface area contributed by atoms with E-state index in [1.807, 2.05) is 34.6 Å². The first-order valence-electron chi connectivity index (χ1n) is 11.1. The van der Waals surface area contributed by atoms with Gasteiger partial charge in [0.1, 0.15) is 23.3 Å². The van der Waals surface area contributed by atoms with Crippen LogP contribution in [0.3, 0.4) is 0 Å². The minimum Gasteiger partial charge on any atom is -0.496 e. The van der Waals surface area contributed by atoms with Gasteiger partial charge in [-0.1, -0.05) is 32.8 Å². The molecule has 1 amide bonds. The highest BCUT2D eigenvalue weighted by Gasteiger charge is 2.47. The monoisotopic (exact) mass is 439 g/mol. The summed E-state index contributed by atoms with van der Waals surface area (Å²) in [6.07, 6.45) is 0.596. The Hall–Kier alpha value is -1.86. The first-order valence-corrected chi connectivity index (χ1v) is 11.1. The van der Waals surface area contributed by atoms with Crippen LogP contribution in [0.5, 0.6) is 5.75 Å². The van der Waals surface area contributed by atoms with Gasteiger partial charge in [0.25, 0.3) is 0 Å². The van der Waals surface area contributed by atoms with Crippen LogP contribution in [0.1, 0.15) is 72.8 Å². The van der Waals surface area contributed by atoms with Crippen LogP contribution in [-0.4, -0.2) is 43.3 Å². The normalized spacial score (nSPS) is 21.4. The first-order chi connectivity index (χ1) is 14.5. The third-order valence-electron chi connectivity index (χ3n) is 5.69. The van der Waals surface area contributed by atoms with Crippen LogP contribution >= 0.6 is 0 Å². The Bertz CT molecular complexity index is 731. The molecule has 1 aromatic rings. The van der Waals surface area contributed by atoms with Crippen LogP contribution in [-0.2, 0) is 14.2 Å². The second kappa shape index (κ2) is 10.6. The molecule has 176 valence electrons. The van der Waals surface area contributed by atoms with Crippen LogP contribution in [0, 0.1) is 11.7 Å². The van der Waals surface area contributed by atoms with E-state index < -0.39 is 18.0 Å². The Kier molecular flexibility index (Phi) is 8.72. The summed E-state index contributed by atoms with van der Waals surface area (Å²) in [4.78, 5) is 12.0. The van der Waals surface area contributed by atoms with Crippen molar-refractivity contribution in [2.45, 2.75) is 97.4 Å². The first kappa shape index (κ1) is 25.4. The lowest BCUT2D eigenvalue weighted by atomic mass is 9.79. The quantitative estimate of drug-likeness (QED) is 0.495. The van der Waals surface area contributed by atoms with Crippen LogP contribution < -0.4 is 10.1 Å².